The normalized spacial score (nSPS) is 10.8. The molecule has 0 bridgehead atoms. The van der Waals surface area contributed by atoms with Crippen molar-refractivity contribution in [3.8, 4) is 0 Å². The molecule has 4 nitrogen and oxygen atoms in total. The van der Waals surface area contributed by atoms with Crippen molar-refractivity contribution in [2.24, 2.45) is 5.92 Å². The zero-order valence-electron chi connectivity index (χ0n) is 9.96. The first-order chi connectivity index (χ1) is 7.56. The molecule has 0 aliphatic rings. The maximum Gasteiger partial charge on any atom is 0.283 e. The lowest BCUT2D eigenvalue weighted by molar-refractivity contribution is 0.565. The first-order valence-electron chi connectivity index (χ1n) is 5.55. The molecular weight excluding hydrogens is 270 g/mol. The van der Waals surface area contributed by atoms with E-state index in [4.69, 9.17) is 0 Å². The first kappa shape index (κ1) is 13.2. The summed E-state index contributed by atoms with van der Waals surface area (Å²) in [5.41, 5.74) is 0.696. The van der Waals surface area contributed by atoms with E-state index in [-0.39, 0.29) is 5.56 Å². The van der Waals surface area contributed by atoms with Crippen molar-refractivity contribution in [2.45, 2.75) is 33.7 Å². The molecule has 0 aromatic carbocycles. The minimum Gasteiger partial charge on any atom is -0.382 e. The summed E-state index contributed by atoms with van der Waals surface area (Å²) in [6.45, 7) is 7.74. The number of hydrogen-bond donors (Lipinski definition) is 1. The van der Waals surface area contributed by atoms with E-state index in [2.05, 4.69) is 40.2 Å². The van der Waals surface area contributed by atoms with Gasteiger partial charge in [-0.1, -0.05) is 20.8 Å². The second-order valence-electron chi connectivity index (χ2n) is 4.18. The van der Waals surface area contributed by atoms with Crippen molar-refractivity contribution in [3.05, 3.63) is 21.0 Å². The molecule has 90 valence electrons. The van der Waals surface area contributed by atoms with Gasteiger partial charge < -0.3 is 5.32 Å². The molecule has 0 aliphatic carbocycles. The Labute approximate surface area is 104 Å². The third kappa shape index (κ3) is 3.33. The Morgan fingerprint density at radius 3 is 2.81 bits per heavy atom. The van der Waals surface area contributed by atoms with Crippen LogP contribution in [0.5, 0.6) is 0 Å². The van der Waals surface area contributed by atoms with Crippen molar-refractivity contribution < 1.29 is 0 Å². The number of nitrogens with one attached hydrogen (secondary N) is 1. The van der Waals surface area contributed by atoms with Gasteiger partial charge in [0, 0.05) is 13.1 Å². The maximum atomic E-state index is 11.8. The third-order valence-electron chi connectivity index (χ3n) is 2.12. The fourth-order valence-electron chi connectivity index (χ4n) is 1.27. The molecular formula is C11H18BrN3O. The summed E-state index contributed by atoms with van der Waals surface area (Å²) >= 11 is 3.32. The van der Waals surface area contributed by atoms with Crippen LogP contribution in [0.3, 0.4) is 0 Å². The average molecular weight is 288 g/mol. The van der Waals surface area contributed by atoms with Crippen molar-refractivity contribution in [1.29, 1.82) is 0 Å². The fraction of sp³-hybridized carbons (Fsp3) is 0.636. The summed E-state index contributed by atoms with van der Waals surface area (Å²) in [4.78, 5) is 11.8. The van der Waals surface area contributed by atoms with Crippen LogP contribution < -0.4 is 10.9 Å². The quantitative estimate of drug-likeness (QED) is 0.905. The Kier molecular flexibility index (Phi) is 4.99. The SMILES string of the molecule is CCCn1ncc(NCC(C)C)c(Br)c1=O. The smallest absolute Gasteiger partial charge is 0.283 e. The molecule has 0 amide bonds. The summed E-state index contributed by atoms with van der Waals surface area (Å²) in [5.74, 6) is 0.532. The molecule has 0 radical (unpaired) electrons. The number of halogens is 1. The topological polar surface area (TPSA) is 46.9 Å². The Morgan fingerprint density at radius 2 is 2.25 bits per heavy atom. The lowest BCUT2D eigenvalue weighted by Gasteiger charge is -2.11. The van der Waals surface area contributed by atoms with Gasteiger partial charge in [0.25, 0.3) is 5.56 Å². The van der Waals surface area contributed by atoms with Crippen LogP contribution in [0, 0.1) is 5.92 Å². The van der Waals surface area contributed by atoms with E-state index in [1.165, 1.54) is 4.68 Å². The standard InChI is InChI=1S/C11H18BrN3O/c1-4-5-15-11(16)10(12)9(7-14-15)13-6-8(2)3/h7-8,13H,4-6H2,1-3H3. The number of aryl methyl sites for hydroxylation is 1. The Bertz CT molecular complexity index is 401. The highest BCUT2D eigenvalue weighted by atomic mass is 79.9. The fourth-order valence-corrected chi connectivity index (χ4v) is 1.72. The number of rotatable bonds is 5. The zero-order chi connectivity index (χ0) is 12.1. The van der Waals surface area contributed by atoms with E-state index >= 15 is 0 Å². The monoisotopic (exact) mass is 287 g/mol. The van der Waals surface area contributed by atoms with Gasteiger partial charge in [0.2, 0.25) is 0 Å². The molecule has 5 heteroatoms. The van der Waals surface area contributed by atoms with Crippen LogP contribution in [0.2, 0.25) is 0 Å². The summed E-state index contributed by atoms with van der Waals surface area (Å²) in [7, 11) is 0. The molecule has 16 heavy (non-hydrogen) atoms. The minimum absolute atomic E-state index is 0.0735. The molecule has 1 aromatic heterocycles. The van der Waals surface area contributed by atoms with E-state index in [1.54, 1.807) is 6.20 Å². The van der Waals surface area contributed by atoms with Gasteiger partial charge in [-0.25, -0.2) is 4.68 Å². The predicted molar refractivity (Wildman–Crippen MR) is 69.8 cm³/mol. The highest BCUT2D eigenvalue weighted by Crippen LogP contribution is 2.16. The van der Waals surface area contributed by atoms with Crippen LogP contribution in [-0.2, 0) is 6.54 Å². The minimum atomic E-state index is -0.0735. The molecule has 1 heterocycles. The number of aromatic nitrogens is 2. The maximum absolute atomic E-state index is 11.8. The van der Waals surface area contributed by atoms with E-state index in [0.29, 0.717) is 16.9 Å². The predicted octanol–water partition coefficient (Wildman–Crippen LogP) is 2.48. The van der Waals surface area contributed by atoms with E-state index in [0.717, 1.165) is 18.7 Å². The van der Waals surface area contributed by atoms with Crippen LogP contribution in [0.25, 0.3) is 0 Å². The second-order valence-corrected chi connectivity index (χ2v) is 4.97. The van der Waals surface area contributed by atoms with Crippen LogP contribution in [0.4, 0.5) is 5.69 Å². The van der Waals surface area contributed by atoms with Gasteiger partial charge in [0.15, 0.2) is 0 Å². The molecule has 0 spiro atoms. The molecule has 0 saturated carbocycles. The van der Waals surface area contributed by atoms with Crippen molar-refractivity contribution in [3.63, 3.8) is 0 Å². The summed E-state index contributed by atoms with van der Waals surface area (Å²) in [6.07, 6.45) is 2.60. The highest BCUT2D eigenvalue weighted by Gasteiger charge is 2.08. The van der Waals surface area contributed by atoms with Gasteiger partial charge in [0.1, 0.15) is 4.47 Å². The van der Waals surface area contributed by atoms with Gasteiger partial charge in [0.05, 0.1) is 11.9 Å². The third-order valence-corrected chi connectivity index (χ3v) is 2.89. The lowest BCUT2D eigenvalue weighted by Crippen LogP contribution is -2.24. The van der Waals surface area contributed by atoms with Crippen molar-refractivity contribution in [1.82, 2.24) is 9.78 Å². The average Bonchev–Trinajstić information content (AvgIpc) is 2.24. The molecule has 0 fully saturated rings. The van der Waals surface area contributed by atoms with Crippen molar-refractivity contribution in [2.75, 3.05) is 11.9 Å². The van der Waals surface area contributed by atoms with Gasteiger partial charge in [-0.2, -0.15) is 5.10 Å². The Morgan fingerprint density at radius 1 is 1.56 bits per heavy atom. The summed E-state index contributed by atoms with van der Waals surface area (Å²) in [5, 5.41) is 7.32. The molecule has 0 atom stereocenters. The Balaban J connectivity index is 2.89. The Hall–Kier alpha value is -0.840. The molecule has 0 saturated heterocycles. The number of hydrogen-bond acceptors (Lipinski definition) is 3. The van der Waals surface area contributed by atoms with Crippen LogP contribution in [-0.4, -0.2) is 16.3 Å². The second kappa shape index (κ2) is 6.03. The van der Waals surface area contributed by atoms with E-state index < -0.39 is 0 Å². The molecule has 1 rings (SSSR count). The number of nitrogens with zero attached hydrogens (tertiary/aromatic N) is 2. The molecule has 0 aliphatic heterocycles. The number of anilines is 1. The molecule has 1 aromatic rings. The summed E-state index contributed by atoms with van der Waals surface area (Å²) in [6, 6.07) is 0. The van der Waals surface area contributed by atoms with E-state index in [9.17, 15) is 4.79 Å². The van der Waals surface area contributed by atoms with Crippen LogP contribution in [0.1, 0.15) is 27.2 Å². The van der Waals surface area contributed by atoms with E-state index in [1.807, 2.05) is 6.92 Å². The molecule has 1 N–H and O–H groups in total. The largest absolute Gasteiger partial charge is 0.382 e. The lowest BCUT2D eigenvalue weighted by atomic mass is 10.2. The highest BCUT2D eigenvalue weighted by molar-refractivity contribution is 9.10. The van der Waals surface area contributed by atoms with Gasteiger partial charge in [-0.05, 0) is 28.3 Å². The van der Waals surface area contributed by atoms with Gasteiger partial charge in [-0.15, -0.1) is 0 Å². The summed E-state index contributed by atoms with van der Waals surface area (Å²) < 4.78 is 2.04. The zero-order valence-corrected chi connectivity index (χ0v) is 11.5. The van der Waals surface area contributed by atoms with Gasteiger partial charge >= 0.3 is 0 Å². The first-order valence-corrected chi connectivity index (χ1v) is 6.35. The van der Waals surface area contributed by atoms with Crippen molar-refractivity contribution >= 4 is 21.6 Å². The van der Waals surface area contributed by atoms with Crippen LogP contribution >= 0.6 is 15.9 Å². The van der Waals surface area contributed by atoms with Crippen LogP contribution in [0.15, 0.2) is 15.5 Å². The molecule has 0 unspecified atom stereocenters. The van der Waals surface area contributed by atoms with Gasteiger partial charge in [-0.3, -0.25) is 4.79 Å².